The maximum absolute atomic E-state index is 12.2. The lowest BCUT2D eigenvalue weighted by Crippen LogP contribution is -2.01. The molecule has 1 aromatic heterocycles. The van der Waals surface area contributed by atoms with Crippen molar-refractivity contribution in [3.8, 4) is 0 Å². The Labute approximate surface area is 111 Å². The van der Waals surface area contributed by atoms with E-state index < -0.39 is 0 Å². The fourth-order valence-corrected chi connectivity index (χ4v) is 2.77. The summed E-state index contributed by atoms with van der Waals surface area (Å²) in [5.41, 5.74) is 1.69. The summed E-state index contributed by atoms with van der Waals surface area (Å²) in [5.74, 6) is 0.0238. The summed E-state index contributed by atoms with van der Waals surface area (Å²) in [5, 5.41) is 0. The van der Waals surface area contributed by atoms with Crippen LogP contribution in [-0.4, -0.2) is 5.78 Å². The minimum atomic E-state index is 0.0238. The third-order valence-electron chi connectivity index (χ3n) is 2.24. The van der Waals surface area contributed by atoms with Crippen molar-refractivity contribution in [2.45, 2.75) is 6.92 Å². The second-order valence-electron chi connectivity index (χ2n) is 3.39. The van der Waals surface area contributed by atoms with E-state index in [0.29, 0.717) is 14.8 Å². The van der Waals surface area contributed by atoms with Crippen LogP contribution in [0.4, 0.5) is 0 Å². The summed E-state index contributed by atoms with van der Waals surface area (Å²) in [6.45, 7) is 1.93. The van der Waals surface area contributed by atoms with E-state index in [1.54, 1.807) is 12.1 Å². The van der Waals surface area contributed by atoms with Crippen molar-refractivity contribution in [1.82, 2.24) is 0 Å². The number of halogens is 2. The van der Waals surface area contributed by atoms with Gasteiger partial charge in [-0.1, -0.05) is 33.6 Å². The molecule has 0 aliphatic rings. The van der Waals surface area contributed by atoms with Crippen molar-refractivity contribution in [3.63, 3.8) is 0 Å². The quantitative estimate of drug-likeness (QED) is 0.734. The van der Waals surface area contributed by atoms with E-state index >= 15 is 0 Å². The molecule has 0 fully saturated rings. The molecule has 0 bridgehead atoms. The molecule has 2 aromatic rings. The normalized spacial score (nSPS) is 10.4. The molecule has 0 saturated heterocycles. The van der Waals surface area contributed by atoms with Gasteiger partial charge in [0.15, 0.2) is 0 Å². The zero-order valence-electron chi connectivity index (χ0n) is 8.46. The van der Waals surface area contributed by atoms with E-state index in [4.69, 9.17) is 11.6 Å². The van der Waals surface area contributed by atoms with Crippen LogP contribution in [0.15, 0.2) is 34.8 Å². The number of aryl methyl sites for hydroxylation is 1. The average Bonchev–Trinajstić information content (AvgIpc) is 2.67. The molecule has 0 spiro atoms. The number of hydrogen-bond acceptors (Lipinski definition) is 2. The van der Waals surface area contributed by atoms with E-state index in [1.165, 1.54) is 11.3 Å². The smallest absolute Gasteiger partial charge is 0.203 e. The Morgan fingerprint density at radius 3 is 2.69 bits per heavy atom. The van der Waals surface area contributed by atoms with Crippen LogP contribution in [0, 0.1) is 6.92 Å². The largest absolute Gasteiger partial charge is 0.288 e. The third-order valence-corrected chi connectivity index (χ3v) is 3.96. The number of rotatable bonds is 2. The Morgan fingerprint density at radius 1 is 1.31 bits per heavy atom. The minimum absolute atomic E-state index is 0.0238. The Balaban J connectivity index is 2.45. The molecule has 1 aromatic carbocycles. The Bertz CT molecular complexity index is 548. The molecule has 16 heavy (non-hydrogen) atoms. The average molecular weight is 316 g/mol. The molecule has 0 unspecified atom stereocenters. The number of hydrogen-bond donors (Lipinski definition) is 0. The molecular weight excluding hydrogens is 308 g/mol. The lowest BCUT2D eigenvalue weighted by atomic mass is 10.0. The fraction of sp³-hybridized carbons (Fsp3) is 0.0833. The van der Waals surface area contributed by atoms with Gasteiger partial charge in [-0.3, -0.25) is 4.79 Å². The molecule has 0 aliphatic heterocycles. The lowest BCUT2D eigenvalue weighted by Gasteiger charge is -2.03. The van der Waals surface area contributed by atoms with Crippen molar-refractivity contribution < 1.29 is 4.79 Å². The van der Waals surface area contributed by atoms with E-state index in [0.717, 1.165) is 10.0 Å². The number of carbonyl (C=O) groups excluding carboxylic acids is 1. The van der Waals surface area contributed by atoms with Crippen molar-refractivity contribution in [2.75, 3.05) is 0 Å². The lowest BCUT2D eigenvalue weighted by molar-refractivity contribution is 0.104. The monoisotopic (exact) mass is 314 g/mol. The maximum atomic E-state index is 12.2. The maximum Gasteiger partial charge on any atom is 0.203 e. The van der Waals surface area contributed by atoms with Gasteiger partial charge in [-0.05, 0) is 36.8 Å². The van der Waals surface area contributed by atoms with Gasteiger partial charge in [0, 0.05) is 10.0 Å². The van der Waals surface area contributed by atoms with Crippen LogP contribution in [0.1, 0.15) is 20.8 Å². The van der Waals surface area contributed by atoms with Gasteiger partial charge in [-0.2, -0.15) is 0 Å². The highest BCUT2D eigenvalue weighted by Gasteiger charge is 2.14. The molecule has 0 radical (unpaired) electrons. The van der Waals surface area contributed by atoms with Gasteiger partial charge in [0.05, 0.1) is 9.21 Å². The second kappa shape index (κ2) is 4.70. The summed E-state index contributed by atoms with van der Waals surface area (Å²) in [6, 6.07) is 9.19. The van der Waals surface area contributed by atoms with E-state index in [-0.39, 0.29) is 5.78 Å². The zero-order valence-corrected chi connectivity index (χ0v) is 11.6. The second-order valence-corrected chi connectivity index (χ2v) is 6.02. The molecule has 2 rings (SSSR count). The number of thiophene rings is 1. The first-order valence-corrected chi connectivity index (χ1v) is 6.63. The minimum Gasteiger partial charge on any atom is -0.288 e. The molecule has 82 valence electrons. The molecule has 0 N–H and O–H groups in total. The Kier molecular flexibility index (Phi) is 3.47. The van der Waals surface area contributed by atoms with Crippen molar-refractivity contribution in [3.05, 3.63) is 55.1 Å². The van der Waals surface area contributed by atoms with Crippen molar-refractivity contribution >= 4 is 44.7 Å². The third kappa shape index (κ3) is 2.37. The van der Waals surface area contributed by atoms with Gasteiger partial charge in [0.2, 0.25) is 5.78 Å². The van der Waals surface area contributed by atoms with Crippen LogP contribution in [0.2, 0.25) is 4.34 Å². The van der Waals surface area contributed by atoms with Gasteiger partial charge in [-0.15, -0.1) is 11.3 Å². The molecule has 0 atom stereocenters. The Morgan fingerprint density at radius 2 is 2.06 bits per heavy atom. The molecule has 4 heteroatoms. The van der Waals surface area contributed by atoms with Crippen molar-refractivity contribution in [1.29, 1.82) is 0 Å². The predicted octanol–water partition coefficient (Wildman–Crippen LogP) is 4.70. The fourth-order valence-electron chi connectivity index (χ4n) is 1.41. The number of benzene rings is 1. The van der Waals surface area contributed by atoms with Gasteiger partial charge in [0.1, 0.15) is 0 Å². The van der Waals surface area contributed by atoms with Gasteiger partial charge < -0.3 is 0 Å². The van der Waals surface area contributed by atoms with Crippen molar-refractivity contribution in [2.24, 2.45) is 0 Å². The highest BCUT2D eigenvalue weighted by Crippen LogP contribution is 2.26. The van der Waals surface area contributed by atoms with Crippen LogP contribution >= 0.6 is 38.9 Å². The SMILES string of the molecule is Cc1ccc(Br)cc1C(=O)c1ccc(Cl)s1. The van der Waals surface area contributed by atoms with E-state index in [1.807, 2.05) is 25.1 Å². The molecule has 0 saturated carbocycles. The van der Waals surface area contributed by atoms with Crippen LogP contribution in [0.25, 0.3) is 0 Å². The molecular formula is C12H8BrClOS. The van der Waals surface area contributed by atoms with Gasteiger partial charge in [-0.25, -0.2) is 0 Å². The highest BCUT2D eigenvalue weighted by molar-refractivity contribution is 9.10. The summed E-state index contributed by atoms with van der Waals surface area (Å²) >= 11 is 10.5. The highest BCUT2D eigenvalue weighted by atomic mass is 79.9. The first-order chi connectivity index (χ1) is 7.58. The molecule has 0 amide bonds. The summed E-state index contributed by atoms with van der Waals surface area (Å²) in [4.78, 5) is 12.8. The summed E-state index contributed by atoms with van der Waals surface area (Å²) < 4.78 is 1.54. The first-order valence-electron chi connectivity index (χ1n) is 4.64. The van der Waals surface area contributed by atoms with Crippen LogP contribution in [0.3, 0.4) is 0 Å². The molecule has 1 heterocycles. The Hall–Kier alpha value is -0.640. The summed E-state index contributed by atoms with van der Waals surface area (Å²) in [7, 11) is 0. The van der Waals surface area contributed by atoms with E-state index in [2.05, 4.69) is 15.9 Å². The topological polar surface area (TPSA) is 17.1 Å². The zero-order chi connectivity index (χ0) is 11.7. The summed E-state index contributed by atoms with van der Waals surface area (Å²) in [6.07, 6.45) is 0. The number of carbonyl (C=O) groups is 1. The number of ketones is 1. The standard InChI is InChI=1S/C12H8BrClOS/c1-7-2-3-8(13)6-9(7)12(15)10-4-5-11(14)16-10/h2-6H,1H3. The van der Waals surface area contributed by atoms with Crippen LogP contribution < -0.4 is 0 Å². The van der Waals surface area contributed by atoms with Gasteiger partial charge in [0.25, 0.3) is 0 Å². The predicted molar refractivity (Wildman–Crippen MR) is 71.6 cm³/mol. The first kappa shape index (κ1) is 11.8. The van der Waals surface area contributed by atoms with E-state index in [9.17, 15) is 4.79 Å². The molecule has 0 aliphatic carbocycles. The molecule has 1 nitrogen and oxygen atoms in total. The van der Waals surface area contributed by atoms with Crippen LogP contribution in [-0.2, 0) is 0 Å². The van der Waals surface area contributed by atoms with Crippen LogP contribution in [0.5, 0.6) is 0 Å². The van der Waals surface area contributed by atoms with Gasteiger partial charge >= 0.3 is 0 Å².